The Labute approximate surface area is 83.7 Å². The van der Waals surface area contributed by atoms with Crippen LogP contribution in [0.15, 0.2) is 10.5 Å². The standard InChI is InChI=1S/C6H6BN3O3S/c1-9-7(11)6-4(10(12)13)3-14-5(6)2-8-9/h2-3,11H,1H3. The summed E-state index contributed by atoms with van der Waals surface area (Å²) >= 11 is 1.21. The molecule has 2 heterocycles. The van der Waals surface area contributed by atoms with E-state index in [9.17, 15) is 15.1 Å². The van der Waals surface area contributed by atoms with Crippen LogP contribution in [0.2, 0.25) is 0 Å². The van der Waals surface area contributed by atoms with E-state index >= 15 is 0 Å². The van der Waals surface area contributed by atoms with E-state index in [1.807, 2.05) is 0 Å². The Balaban J connectivity index is 2.56. The van der Waals surface area contributed by atoms with Gasteiger partial charge < -0.3 is 9.94 Å². The first-order valence-corrected chi connectivity index (χ1v) is 4.70. The number of hydrazone groups is 1. The predicted molar refractivity (Wildman–Crippen MR) is 53.9 cm³/mol. The molecule has 1 aromatic rings. The Bertz CT molecular complexity index is 418. The maximum absolute atomic E-state index is 10.6. The van der Waals surface area contributed by atoms with Gasteiger partial charge in [0.1, 0.15) is 0 Å². The summed E-state index contributed by atoms with van der Waals surface area (Å²) < 4.78 is 0. The van der Waals surface area contributed by atoms with Crippen LogP contribution in [0.3, 0.4) is 0 Å². The number of nitro groups is 1. The molecule has 0 unspecified atom stereocenters. The van der Waals surface area contributed by atoms with Crippen LogP contribution in [-0.2, 0) is 0 Å². The number of nitrogens with zero attached hydrogens (tertiary/aromatic N) is 3. The summed E-state index contributed by atoms with van der Waals surface area (Å²) in [4.78, 5) is 12.1. The monoisotopic (exact) mass is 211 g/mol. The van der Waals surface area contributed by atoms with E-state index in [1.165, 1.54) is 27.9 Å². The molecule has 1 aromatic heterocycles. The van der Waals surface area contributed by atoms with Crippen molar-refractivity contribution >= 4 is 35.8 Å². The normalized spacial score (nSPS) is 14.4. The van der Waals surface area contributed by atoms with Crippen LogP contribution in [0.4, 0.5) is 5.69 Å². The summed E-state index contributed by atoms with van der Waals surface area (Å²) in [6, 6.07) is 0. The molecule has 2 rings (SSSR count). The Morgan fingerprint density at radius 1 is 1.79 bits per heavy atom. The molecule has 0 fully saturated rings. The molecule has 0 saturated heterocycles. The molecule has 0 bridgehead atoms. The SMILES string of the molecule is CN1N=Cc2scc([N+](=O)[O-])c2B1O. The highest BCUT2D eigenvalue weighted by Gasteiger charge is 2.35. The minimum Gasteiger partial charge on any atom is -0.427 e. The second-order valence-corrected chi connectivity index (χ2v) is 3.76. The topological polar surface area (TPSA) is 79.0 Å². The van der Waals surface area contributed by atoms with Gasteiger partial charge in [0.15, 0.2) is 0 Å². The van der Waals surface area contributed by atoms with Crippen molar-refractivity contribution in [1.82, 2.24) is 4.92 Å². The average molecular weight is 211 g/mol. The Kier molecular flexibility index (Phi) is 2.01. The largest absolute Gasteiger partial charge is 0.474 e. The van der Waals surface area contributed by atoms with Crippen LogP contribution in [0, 0.1) is 10.1 Å². The first kappa shape index (κ1) is 9.16. The van der Waals surface area contributed by atoms with E-state index in [0.29, 0.717) is 10.3 Å². The van der Waals surface area contributed by atoms with Gasteiger partial charge in [-0.2, -0.15) is 5.10 Å². The fraction of sp³-hybridized carbons (Fsp3) is 0.167. The molecule has 8 heteroatoms. The van der Waals surface area contributed by atoms with Crippen molar-refractivity contribution in [2.45, 2.75) is 0 Å². The third-order valence-corrected chi connectivity index (χ3v) is 2.93. The minimum absolute atomic E-state index is 0.0458. The van der Waals surface area contributed by atoms with Gasteiger partial charge in [-0.15, -0.1) is 11.3 Å². The summed E-state index contributed by atoms with van der Waals surface area (Å²) in [6.45, 7) is 0. The second-order valence-electron chi connectivity index (χ2n) is 2.85. The highest BCUT2D eigenvalue weighted by Crippen LogP contribution is 2.20. The van der Waals surface area contributed by atoms with Crippen molar-refractivity contribution < 1.29 is 9.95 Å². The van der Waals surface area contributed by atoms with Crippen molar-refractivity contribution in [3.8, 4) is 0 Å². The van der Waals surface area contributed by atoms with Gasteiger partial charge in [-0.1, -0.05) is 0 Å². The van der Waals surface area contributed by atoms with Crippen LogP contribution in [0.1, 0.15) is 4.88 Å². The van der Waals surface area contributed by atoms with E-state index in [-0.39, 0.29) is 5.69 Å². The zero-order chi connectivity index (χ0) is 10.3. The maximum Gasteiger partial charge on any atom is 0.474 e. The Morgan fingerprint density at radius 2 is 2.50 bits per heavy atom. The van der Waals surface area contributed by atoms with Crippen molar-refractivity contribution in [2.75, 3.05) is 7.05 Å². The fourth-order valence-corrected chi connectivity index (χ4v) is 2.16. The molecule has 0 aliphatic carbocycles. The summed E-state index contributed by atoms with van der Waals surface area (Å²) in [7, 11) is 0.535. The quantitative estimate of drug-likeness (QED) is 0.390. The van der Waals surface area contributed by atoms with E-state index < -0.39 is 12.0 Å². The molecule has 14 heavy (non-hydrogen) atoms. The van der Waals surface area contributed by atoms with E-state index in [0.717, 1.165) is 0 Å². The highest BCUT2D eigenvalue weighted by atomic mass is 32.1. The zero-order valence-electron chi connectivity index (χ0n) is 7.25. The molecule has 1 aliphatic rings. The number of hydrogen-bond acceptors (Lipinski definition) is 6. The van der Waals surface area contributed by atoms with E-state index in [1.54, 1.807) is 7.05 Å². The molecule has 1 N–H and O–H groups in total. The van der Waals surface area contributed by atoms with Crippen molar-refractivity contribution in [2.24, 2.45) is 5.10 Å². The first-order chi connectivity index (χ1) is 6.61. The molecule has 0 amide bonds. The molecular formula is C6H6BN3O3S. The molecule has 1 aliphatic heterocycles. The minimum atomic E-state index is -1.03. The molecular weight excluding hydrogens is 205 g/mol. The molecule has 6 nitrogen and oxygen atoms in total. The third kappa shape index (κ3) is 1.19. The zero-order valence-corrected chi connectivity index (χ0v) is 8.06. The Morgan fingerprint density at radius 3 is 3.14 bits per heavy atom. The first-order valence-electron chi connectivity index (χ1n) is 3.82. The summed E-state index contributed by atoms with van der Waals surface area (Å²) in [5.41, 5.74) is 0.285. The number of thiophene rings is 1. The molecule has 0 atom stereocenters. The fourth-order valence-electron chi connectivity index (χ4n) is 1.27. The molecule has 72 valence electrons. The number of hydrogen-bond donors (Lipinski definition) is 1. The third-order valence-electron chi connectivity index (χ3n) is 2.00. The predicted octanol–water partition coefficient (Wildman–Crippen LogP) is -0.377. The number of fused-ring (bicyclic) bond motifs is 1. The van der Waals surface area contributed by atoms with Crippen LogP contribution >= 0.6 is 11.3 Å². The maximum atomic E-state index is 10.6. The van der Waals surface area contributed by atoms with Gasteiger partial charge >= 0.3 is 7.05 Å². The molecule has 0 radical (unpaired) electrons. The van der Waals surface area contributed by atoms with Crippen LogP contribution in [0.5, 0.6) is 0 Å². The molecule has 0 saturated carbocycles. The van der Waals surface area contributed by atoms with Crippen LogP contribution in [0.25, 0.3) is 0 Å². The lowest BCUT2D eigenvalue weighted by Crippen LogP contribution is -2.47. The van der Waals surface area contributed by atoms with Gasteiger partial charge in [-0.25, -0.2) is 0 Å². The van der Waals surface area contributed by atoms with Gasteiger partial charge in [0.25, 0.3) is 5.69 Å². The highest BCUT2D eigenvalue weighted by molar-refractivity contribution is 7.14. The van der Waals surface area contributed by atoms with Gasteiger partial charge in [-0.3, -0.25) is 10.1 Å². The summed E-state index contributed by atoms with van der Waals surface area (Å²) in [5, 5.41) is 25.6. The van der Waals surface area contributed by atoms with E-state index in [2.05, 4.69) is 5.10 Å². The number of rotatable bonds is 1. The van der Waals surface area contributed by atoms with Crippen molar-refractivity contribution in [1.29, 1.82) is 0 Å². The van der Waals surface area contributed by atoms with Gasteiger partial charge in [0, 0.05) is 7.05 Å². The lowest BCUT2D eigenvalue weighted by molar-refractivity contribution is -0.383. The van der Waals surface area contributed by atoms with Crippen LogP contribution < -0.4 is 5.46 Å². The lowest BCUT2D eigenvalue weighted by atomic mass is 9.72. The van der Waals surface area contributed by atoms with Gasteiger partial charge in [0.05, 0.1) is 26.9 Å². The second kappa shape index (κ2) is 3.07. The summed E-state index contributed by atoms with van der Waals surface area (Å²) in [6.07, 6.45) is 1.51. The van der Waals surface area contributed by atoms with E-state index in [4.69, 9.17) is 0 Å². The van der Waals surface area contributed by atoms with Crippen LogP contribution in [-0.4, -0.2) is 35.2 Å². The summed E-state index contributed by atoms with van der Waals surface area (Å²) in [5.74, 6) is 0. The molecule has 0 spiro atoms. The Hall–Kier alpha value is -1.41. The molecule has 0 aromatic carbocycles. The van der Waals surface area contributed by atoms with Gasteiger partial charge in [0.2, 0.25) is 0 Å². The van der Waals surface area contributed by atoms with Crippen molar-refractivity contribution in [3.05, 3.63) is 20.4 Å². The smallest absolute Gasteiger partial charge is 0.427 e. The van der Waals surface area contributed by atoms with Gasteiger partial charge in [-0.05, 0) is 0 Å². The average Bonchev–Trinajstić information content (AvgIpc) is 2.55. The van der Waals surface area contributed by atoms with Crippen molar-refractivity contribution in [3.63, 3.8) is 0 Å². The lowest BCUT2D eigenvalue weighted by Gasteiger charge is -2.19.